The first kappa shape index (κ1) is 12.1. The molecule has 0 saturated heterocycles. The van der Waals surface area contributed by atoms with Crippen molar-refractivity contribution >= 4 is 11.6 Å². The quantitative estimate of drug-likeness (QED) is 0.830. The number of hydrogen-bond acceptors (Lipinski definition) is 4. The van der Waals surface area contributed by atoms with E-state index < -0.39 is 0 Å². The number of nitrogens with one attached hydrogen (secondary N) is 1. The number of nitrogens with two attached hydrogens (primary N) is 1. The highest BCUT2D eigenvalue weighted by molar-refractivity contribution is 5.95. The van der Waals surface area contributed by atoms with Crippen LogP contribution >= 0.6 is 0 Å². The van der Waals surface area contributed by atoms with Crippen LogP contribution in [0.3, 0.4) is 0 Å². The second kappa shape index (κ2) is 4.87. The maximum atomic E-state index is 12.0. The number of amides is 1. The van der Waals surface area contributed by atoms with Crippen LogP contribution in [0.15, 0.2) is 24.7 Å². The van der Waals surface area contributed by atoms with Gasteiger partial charge in [-0.2, -0.15) is 5.10 Å². The van der Waals surface area contributed by atoms with Crippen molar-refractivity contribution in [2.24, 2.45) is 7.05 Å². The van der Waals surface area contributed by atoms with Gasteiger partial charge in [0.1, 0.15) is 0 Å². The summed E-state index contributed by atoms with van der Waals surface area (Å²) >= 11 is 0. The second-order valence-corrected chi connectivity index (χ2v) is 4.11. The van der Waals surface area contributed by atoms with Gasteiger partial charge < -0.3 is 11.1 Å². The molecule has 94 valence electrons. The number of hydrogen-bond donors (Lipinski definition) is 2. The number of carbonyl (C=O) groups is 1. The van der Waals surface area contributed by atoms with Gasteiger partial charge in [0.2, 0.25) is 0 Å². The zero-order valence-electron chi connectivity index (χ0n) is 10.3. The summed E-state index contributed by atoms with van der Waals surface area (Å²) in [5, 5.41) is 6.84. The molecule has 0 atom stereocenters. The predicted octanol–water partition coefficient (Wildman–Crippen LogP) is 0.636. The van der Waals surface area contributed by atoms with Crippen LogP contribution in [0.4, 0.5) is 5.69 Å². The lowest BCUT2D eigenvalue weighted by Gasteiger charge is -2.06. The molecular weight excluding hydrogens is 230 g/mol. The van der Waals surface area contributed by atoms with Crippen LogP contribution < -0.4 is 11.1 Å². The van der Waals surface area contributed by atoms with Crippen molar-refractivity contribution in [3.63, 3.8) is 0 Å². The number of aryl methyl sites for hydroxylation is 2. The fourth-order valence-corrected chi connectivity index (χ4v) is 1.62. The molecule has 3 N–H and O–H groups in total. The van der Waals surface area contributed by atoms with Crippen LogP contribution in [0.1, 0.15) is 21.6 Å². The maximum absolute atomic E-state index is 12.0. The van der Waals surface area contributed by atoms with Crippen molar-refractivity contribution in [2.45, 2.75) is 13.5 Å². The van der Waals surface area contributed by atoms with Crippen LogP contribution in [-0.4, -0.2) is 20.7 Å². The molecule has 0 fully saturated rings. The standard InChI is InChI=1S/C12H15N5O/c1-8-11(3-10(13)6-14-8)12(18)15-4-9-5-16-17(2)7-9/h3,5-7H,4,13H2,1-2H3,(H,15,18). The van der Waals surface area contributed by atoms with Crippen LogP contribution in [0.25, 0.3) is 0 Å². The Bertz CT molecular complexity index is 576. The molecule has 2 aromatic heterocycles. The van der Waals surface area contributed by atoms with Gasteiger partial charge in [0, 0.05) is 25.4 Å². The Kier molecular flexibility index (Phi) is 3.27. The summed E-state index contributed by atoms with van der Waals surface area (Å²) in [5.74, 6) is -0.184. The molecule has 2 heterocycles. The van der Waals surface area contributed by atoms with E-state index in [0.29, 0.717) is 23.5 Å². The Hall–Kier alpha value is -2.37. The molecule has 18 heavy (non-hydrogen) atoms. The summed E-state index contributed by atoms with van der Waals surface area (Å²) in [6.45, 7) is 2.21. The summed E-state index contributed by atoms with van der Waals surface area (Å²) in [6.07, 6.45) is 5.10. The lowest BCUT2D eigenvalue weighted by Crippen LogP contribution is -2.24. The Morgan fingerprint density at radius 2 is 2.28 bits per heavy atom. The fraction of sp³-hybridized carbons (Fsp3) is 0.250. The summed E-state index contributed by atoms with van der Waals surface area (Å²) in [4.78, 5) is 16.0. The molecule has 0 saturated carbocycles. The Labute approximate surface area is 105 Å². The van der Waals surface area contributed by atoms with Crippen molar-refractivity contribution in [3.05, 3.63) is 41.5 Å². The summed E-state index contributed by atoms with van der Waals surface area (Å²) in [5.41, 5.74) is 8.20. The van der Waals surface area contributed by atoms with Gasteiger partial charge in [-0.3, -0.25) is 14.5 Å². The van der Waals surface area contributed by atoms with E-state index in [0.717, 1.165) is 5.56 Å². The Balaban J connectivity index is 2.05. The molecule has 0 radical (unpaired) electrons. The molecule has 0 unspecified atom stereocenters. The summed E-state index contributed by atoms with van der Waals surface area (Å²) < 4.78 is 1.69. The Morgan fingerprint density at radius 3 is 2.94 bits per heavy atom. The minimum atomic E-state index is -0.184. The van der Waals surface area contributed by atoms with E-state index in [4.69, 9.17) is 5.73 Å². The first-order valence-electron chi connectivity index (χ1n) is 5.54. The van der Waals surface area contributed by atoms with Gasteiger partial charge in [-0.05, 0) is 13.0 Å². The average molecular weight is 245 g/mol. The lowest BCUT2D eigenvalue weighted by molar-refractivity contribution is 0.0950. The van der Waals surface area contributed by atoms with Gasteiger partial charge in [0.15, 0.2) is 0 Å². The number of nitrogens with zero attached hydrogens (tertiary/aromatic N) is 3. The van der Waals surface area contributed by atoms with Crippen LogP contribution in [0, 0.1) is 6.92 Å². The number of nitrogen functional groups attached to an aromatic ring is 1. The van der Waals surface area contributed by atoms with E-state index in [1.54, 1.807) is 23.9 Å². The zero-order valence-corrected chi connectivity index (χ0v) is 10.3. The third kappa shape index (κ3) is 2.65. The summed E-state index contributed by atoms with van der Waals surface area (Å²) in [7, 11) is 1.83. The number of pyridine rings is 1. The van der Waals surface area contributed by atoms with Crippen molar-refractivity contribution < 1.29 is 4.79 Å². The van der Waals surface area contributed by atoms with Gasteiger partial charge in [-0.1, -0.05) is 0 Å². The van der Waals surface area contributed by atoms with Crippen molar-refractivity contribution in [2.75, 3.05) is 5.73 Å². The lowest BCUT2D eigenvalue weighted by atomic mass is 10.2. The Morgan fingerprint density at radius 1 is 1.50 bits per heavy atom. The van der Waals surface area contributed by atoms with Gasteiger partial charge >= 0.3 is 0 Å². The molecule has 2 rings (SSSR count). The second-order valence-electron chi connectivity index (χ2n) is 4.11. The molecule has 6 heteroatoms. The zero-order chi connectivity index (χ0) is 13.1. The van der Waals surface area contributed by atoms with Crippen LogP contribution in [0.5, 0.6) is 0 Å². The van der Waals surface area contributed by atoms with E-state index >= 15 is 0 Å². The van der Waals surface area contributed by atoms with Gasteiger partial charge in [0.05, 0.1) is 29.3 Å². The number of aromatic nitrogens is 3. The minimum Gasteiger partial charge on any atom is -0.397 e. The third-order valence-electron chi connectivity index (χ3n) is 2.56. The predicted molar refractivity (Wildman–Crippen MR) is 67.8 cm³/mol. The molecule has 0 aromatic carbocycles. The molecular formula is C12H15N5O. The topological polar surface area (TPSA) is 85.8 Å². The molecule has 0 bridgehead atoms. The molecule has 6 nitrogen and oxygen atoms in total. The van der Waals surface area contributed by atoms with Gasteiger partial charge in [-0.15, -0.1) is 0 Å². The highest BCUT2D eigenvalue weighted by Gasteiger charge is 2.10. The average Bonchev–Trinajstić information content (AvgIpc) is 2.75. The number of carbonyl (C=O) groups excluding carboxylic acids is 1. The minimum absolute atomic E-state index is 0.184. The van der Waals surface area contributed by atoms with Crippen molar-refractivity contribution in [1.29, 1.82) is 0 Å². The van der Waals surface area contributed by atoms with Crippen LogP contribution in [0.2, 0.25) is 0 Å². The van der Waals surface area contributed by atoms with E-state index in [-0.39, 0.29) is 5.91 Å². The fourth-order valence-electron chi connectivity index (χ4n) is 1.62. The number of rotatable bonds is 3. The van der Waals surface area contributed by atoms with Gasteiger partial charge in [-0.25, -0.2) is 0 Å². The van der Waals surface area contributed by atoms with Crippen LogP contribution in [-0.2, 0) is 13.6 Å². The first-order valence-corrected chi connectivity index (χ1v) is 5.54. The monoisotopic (exact) mass is 245 g/mol. The largest absolute Gasteiger partial charge is 0.397 e. The molecule has 0 spiro atoms. The number of anilines is 1. The molecule has 1 amide bonds. The third-order valence-corrected chi connectivity index (χ3v) is 2.56. The highest BCUT2D eigenvalue weighted by atomic mass is 16.1. The van der Waals surface area contributed by atoms with E-state index in [9.17, 15) is 4.79 Å². The van der Waals surface area contributed by atoms with E-state index in [2.05, 4.69) is 15.4 Å². The van der Waals surface area contributed by atoms with E-state index in [1.807, 2.05) is 13.2 Å². The van der Waals surface area contributed by atoms with Crippen molar-refractivity contribution in [1.82, 2.24) is 20.1 Å². The molecule has 2 aromatic rings. The summed E-state index contributed by atoms with van der Waals surface area (Å²) in [6, 6.07) is 1.63. The van der Waals surface area contributed by atoms with Crippen molar-refractivity contribution in [3.8, 4) is 0 Å². The van der Waals surface area contributed by atoms with Gasteiger partial charge in [0.25, 0.3) is 5.91 Å². The molecule has 0 aliphatic carbocycles. The smallest absolute Gasteiger partial charge is 0.253 e. The van der Waals surface area contributed by atoms with E-state index in [1.165, 1.54) is 6.20 Å². The highest BCUT2D eigenvalue weighted by Crippen LogP contribution is 2.09. The normalized spacial score (nSPS) is 10.3. The SMILES string of the molecule is Cc1ncc(N)cc1C(=O)NCc1cnn(C)c1. The first-order chi connectivity index (χ1) is 8.56. The maximum Gasteiger partial charge on any atom is 0.253 e. The molecule has 0 aliphatic rings. The molecule has 0 aliphatic heterocycles.